The Morgan fingerprint density at radius 2 is 2.17 bits per heavy atom. The lowest BCUT2D eigenvalue weighted by molar-refractivity contribution is 0.257. The second-order valence-electron chi connectivity index (χ2n) is 2.16. The summed E-state index contributed by atoms with van der Waals surface area (Å²) in [4.78, 5) is 18.0. The Bertz CT molecular complexity index is 368. The molecule has 0 bridgehead atoms. The van der Waals surface area contributed by atoms with Crippen LogP contribution in [0.2, 0.25) is 0 Å². The predicted molar refractivity (Wildman–Crippen MR) is 41.0 cm³/mol. The summed E-state index contributed by atoms with van der Waals surface area (Å²) in [5.41, 5.74) is 0.701. The molecule has 0 saturated heterocycles. The molecule has 0 unspecified atom stereocenters. The van der Waals surface area contributed by atoms with Crippen LogP contribution in [0, 0.1) is 0 Å². The minimum Gasteiger partial charge on any atom is -0.264 e. The van der Waals surface area contributed by atoms with Gasteiger partial charge in [0.15, 0.2) is 5.84 Å². The van der Waals surface area contributed by atoms with Crippen LogP contribution in [0.5, 0.6) is 0 Å². The van der Waals surface area contributed by atoms with E-state index in [9.17, 15) is 4.79 Å². The summed E-state index contributed by atoms with van der Waals surface area (Å²) >= 11 is 0. The fraction of sp³-hybridized carbons (Fsp3) is 0. The molecule has 58 valence electrons. The summed E-state index contributed by atoms with van der Waals surface area (Å²) in [6, 6.07) is 2.95. The molecule has 2 amide bonds. The third-order valence-corrected chi connectivity index (χ3v) is 1.35. The first-order chi connectivity index (χ1) is 5.86. The molecule has 1 aliphatic rings. The van der Waals surface area contributed by atoms with E-state index in [1.807, 2.05) is 0 Å². The van der Waals surface area contributed by atoms with Crippen molar-refractivity contribution < 1.29 is 4.79 Å². The maximum absolute atomic E-state index is 10.6. The number of amides is 2. The Morgan fingerprint density at radius 1 is 1.25 bits per heavy atom. The number of azo groups is 1. The van der Waals surface area contributed by atoms with E-state index in [1.165, 1.54) is 0 Å². The quantitative estimate of drug-likeness (QED) is 0.623. The number of amidine groups is 1. The van der Waals surface area contributed by atoms with Crippen LogP contribution in [-0.4, -0.2) is 16.9 Å². The lowest BCUT2D eigenvalue weighted by Gasteiger charge is -1.91. The summed E-state index contributed by atoms with van der Waals surface area (Å²) in [6.07, 6.45) is 3.22. The average Bonchev–Trinajstić information content (AvgIpc) is 2.54. The fourth-order valence-electron chi connectivity index (χ4n) is 0.843. The van der Waals surface area contributed by atoms with Crippen LogP contribution in [0.1, 0.15) is 5.56 Å². The highest BCUT2D eigenvalue weighted by Gasteiger charge is 2.11. The normalized spacial score (nSPS) is 15.0. The molecule has 12 heavy (non-hydrogen) atoms. The minimum absolute atomic E-state index is 0.327. The van der Waals surface area contributed by atoms with Gasteiger partial charge in [0.05, 0.1) is 0 Å². The van der Waals surface area contributed by atoms with E-state index in [0.29, 0.717) is 11.4 Å². The van der Waals surface area contributed by atoms with Crippen molar-refractivity contribution in [3.05, 3.63) is 30.1 Å². The molecular weight excluding hydrogens is 156 g/mol. The number of aromatic nitrogens is 1. The highest BCUT2D eigenvalue weighted by molar-refractivity contribution is 6.08. The topological polar surface area (TPSA) is 67.0 Å². The van der Waals surface area contributed by atoms with Crippen LogP contribution in [-0.2, 0) is 0 Å². The van der Waals surface area contributed by atoms with Crippen molar-refractivity contribution in [2.45, 2.75) is 0 Å². The second-order valence-corrected chi connectivity index (χ2v) is 2.16. The third-order valence-electron chi connectivity index (χ3n) is 1.35. The van der Waals surface area contributed by atoms with Gasteiger partial charge in [-0.15, -0.1) is 5.11 Å². The molecule has 0 fully saturated rings. The molecule has 1 aliphatic heterocycles. The van der Waals surface area contributed by atoms with Crippen LogP contribution < -0.4 is 0 Å². The molecule has 0 aromatic carbocycles. The third kappa shape index (κ3) is 1.12. The standard InChI is InChI=1S/C7H4N4O/c12-7-9-6(10-11-7)5-2-1-3-8-4-5/h1-4H. The monoisotopic (exact) mass is 160 g/mol. The van der Waals surface area contributed by atoms with Crippen molar-refractivity contribution in [2.24, 2.45) is 15.2 Å². The molecule has 1 aromatic heterocycles. The molecule has 0 N–H and O–H groups in total. The zero-order valence-corrected chi connectivity index (χ0v) is 6.01. The first-order valence-electron chi connectivity index (χ1n) is 3.31. The van der Waals surface area contributed by atoms with E-state index in [2.05, 4.69) is 20.2 Å². The maximum atomic E-state index is 10.6. The van der Waals surface area contributed by atoms with Gasteiger partial charge in [-0.3, -0.25) is 4.98 Å². The number of carbonyl (C=O) groups is 1. The fourth-order valence-corrected chi connectivity index (χ4v) is 0.843. The van der Waals surface area contributed by atoms with Crippen molar-refractivity contribution in [2.75, 3.05) is 0 Å². The van der Waals surface area contributed by atoms with E-state index >= 15 is 0 Å². The van der Waals surface area contributed by atoms with Crippen LogP contribution >= 0.6 is 0 Å². The molecule has 1 aromatic rings. The first kappa shape index (κ1) is 6.78. The van der Waals surface area contributed by atoms with E-state index in [1.54, 1.807) is 24.5 Å². The van der Waals surface area contributed by atoms with Gasteiger partial charge in [0, 0.05) is 18.0 Å². The van der Waals surface area contributed by atoms with Gasteiger partial charge in [-0.05, 0) is 12.1 Å². The summed E-state index contributed by atoms with van der Waals surface area (Å²) < 4.78 is 0. The summed E-state index contributed by atoms with van der Waals surface area (Å²) in [5, 5.41) is 6.82. The maximum Gasteiger partial charge on any atom is 0.387 e. The smallest absolute Gasteiger partial charge is 0.264 e. The Morgan fingerprint density at radius 3 is 2.75 bits per heavy atom. The summed E-state index contributed by atoms with van der Waals surface area (Å²) in [5.74, 6) is 0.327. The molecule has 5 heteroatoms. The Balaban J connectivity index is 2.40. The van der Waals surface area contributed by atoms with Crippen LogP contribution in [0.25, 0.3) is 0 Å². The van der Waals surface area contributed by atoms with Crippen molar-refractivity contribution in [3.63, 3.8) is 0 Å². The van der Waals surface area contributed by atoms with Gasteiger partial charge < -0.3 is 0 Å². The molecule has 0 saturated carbocycles. The Labute approximate surface area is 67.9 Å². The van der Waals surface area contributed by atoms with Gasteiger partial charge in [-0.1, -0.05) is 5.11 Å². The van der Waals surface area contributed by atoms with Crippen LogP contribution in [0.4, 0.5) is 4.79 Å². The number of urea groups is 1. The zero-order chi connectivity index (χ0) is 8.39. The highest BCUT2D eigenvalue weighted by atomic mass is 16.2. The van der Waals surface area contributed by atoms with E-state index in [0.717, 1.165) is 0 Å². The van der Waals surface area contributed by atoms with Gasteiger partial charge in [-0.25, -0.2) is 4.79 Å². The lowest BCUT2D eigenvalue weighted by Crippen LogP contribution is -1.93. The molecule has 2 heterocycles. The number of pyridine rings is 1. The van der Waals surface area contributed by atoms with Gasteiger partial charge in [-0.2, -0.15) is 4.99 Å². The highest BCUT2D eigenvalue weighted by Crippen LogP contribution is 2.06. The van der Waals surface area contributed by atoms with Crippen LogP contribution in [0.15, 0.2) is 39.7 Å². The second kappa shape index (κ2) is 2.61. The lowest BCUT2D eigenvalue weighted by atomic mass is 10.3. The average molecular weight is 160 g/mol. The number of nitrogens with zero attached hydrogens (tertiary/aromatic N) is 4. The number of carbonyl (C=O) groups excluding carboxylic acids is 1. The van der Waals surface area contributed by atoms with Gasteiger partial charge in [0.25, 0.3) is 0 Å². The number of hydrogen-bond acceptors (Lipinski definition) is 3. The minimum atomic E-state index is -0.561. The van der Waals surface area contributed by atoms with E-state index in [4.69, 9.17) is 0 Å². The molecule has 0 aliphatic carbocycles. The molecule has 5 nitrogen and oxygen atoms in total. The zero-order valence-electron chi connectivity index (χ0n) is 6.01. The van der Waals surface area contributed by atoms with Crippen LogP contribution in [0.3, 0.4) is 0 Å². The Kier molecular flexibility index (Phi) is 1.48. The predicted octanol–water partition coefficient (Wildman–Crippen LogP) is 1.41. The van der Waals surface area contributed by atoms with Gasteiger partial charge in [0.2, 0.25) is 0 Å². The van der Waals surface area contributed by atoms with Gasteiger partial charge >= 0.3 is 6.03 Å². The summed E-state index contributed by atoms with van der Waals surface area (Å²) in [7, 11) is 0. The largest absolute Gasteiger partial charge is 0.387 e. The molecule has 0 atom stereocenters. The SMILES string of the molecule is O=C1N=NC(c2cccnc2)=N1. The number of rotatable bonds is 1. The van der Waals surface area contributed by atoms with Crippen molar-refractivity contribution >= 4 is 11.9 Å². The Hall–Kier alpha value is -1.91. The van der Waals surface area contributed by atoms with E-state index < -0.39 is 6.03 Å². The molecule has 0 spiro atoms. The molecule has 2 rings (SSSR count). The first-order valence-corrected chi connectivity index (χ1v) is 3.31. The molecule has 0 radical (unpaired) electrons. The van der Waals surface area contributed by atoms with Gasteiger partial charge in [0.1, 0.15) is 0 Å². The van der Waals surface area contributed by atoms with Crippen molar-refractivity contribution in [3.8, 4) is 0 Å². The summed E-state index contributed by atoms with van der Waals surface area (Å²) in [6.45, 7) is 0. The number of aliphatic imine (C=N–C) groups is 1. The van der Waals surface area contributed by atoms with E-state index in [-0.39, 0.29) is 0 Å². The molecular formula is C7H4N4O. The number of hydrogen-bond donors (Lipinski definition) is 0. The van der Waals surface area contributed by atoms with Crippen molar-refractivity contribution in [1.29, 1.82) is 0 Å². The van der Waals surface area contributed by atoms with Crippen molar-refractivity contribution in [1.82, 2.24) is 4.98 Å².